The van der Waals surface area contributed by atoms with Gasteiger partial charge in [0.2, 0.25) is 0 Å². The van der Waals surface area contributed by atoms with E-state index in [4.69, 9.17) is 0 Å². The molecule has 1 aromatic heterocycles. The molecule has 0 saturated heterocycles. The Hall–Kier alpha value is -2.43. The van der Waals surface area contributed by atoms with Gasteiger partial charge in [-0.25, -0.2) is 4.99 Å². The summed E-state index contributed by atoms with van der Waals surface area (Å²) in [5.74, 6) is 0.0607. The lowest BCUT2D eigenvalue weighted by Gasteiger charge is -2.11. The molecule has 0 fully saturated rings. The molecule has 0 atom stereocenters. The van der Waals surface area contributed by atoms with Gasteiger partial charge in [0.15, 0.2) is 5.78 Å². The van der Waals surface area contributed by atoms with Crippen molar-refractivity contribution < 1.29 is 4.79 Å². The summed E-state index contributed by atoms with van der Waals surface area (Å²) in [6.45, 7) is 7.15. The van der Waals surface area contributed by atoms with Crippen molar-refractivity contribution in [1.82, 2.24) is 14.7 Å². The van der Waals surface area contributed by atoms with Gasteiger partial charge in [0.25, 0.3) is 0 Å². The lowest BCUT2D eigenvalue weighted by Crippen LogP contribution is -2.14. The van der Waals surface area contributed by atoms with Crippen LogP contribution in [-0.2, 0) is 6.54 Å². The predicted molar refractivity (Wildman–Crippen MR) is 88.9 cm³/mol. The van der Waals surface area contributed by atoms with Crippen molar-refractivity contribution in [3.8, 4) is 0 Å². The van der Waals surface area contributed by atoms with Gasteiger partial charge in [0.05, 0.1) is 12.0 Å². The van der Waals surface area contributed by atoms with Crippen LogP contribution in [0.3, 0.4) is 0 Å². The second kappa shape index (κ2) is 7.02. The van der Waals surface area contributed by atoms with E-state index in [0.29, 0.717) is 0 Å². The van der Waals surface area contributed by atoms with Crippen molar-refractivity contribution in [1.29, 1.82) is 0 Å². The predicted octanol–water partition coefficient (Wildman–Crippen LogP) is 2.99. The Balaban J connectivity index is 2.22. The fraction of sp³-hybridized carbons (Fsp3) is 0.353. The number of aromatic nitrogens is 2. The molecular formula is C17H22N4O. The molecule has 116 valence electrons. The number of Topliss-reactive ketones (excluding diaryl/α,β-unsaturated/α-hetero) is 1. The van der Waals surface area contributed by atoms with Crippen molar-refractivity contribution in [3.05, 3.63) is 47.3 Å². The topological polar surface area (TPSA) is 50.5 Å². The summed E-state index contributed by atoms with van der Waals surface area (Å²) < 4.78 is 1.64. The number of benzene rings is 1. The van der Waals surface area contributed by atoms with Crippen LogP contribution in [0.1, 0.15) is 28.4 Å². The molecule has 2 aromatic rings. The lowest BCUT2D eigenvalue weighted by atomic mass is 10.0. The minimum absolute atomic E-state index is 0.0607. The fourth-order valence-electron chi connectivity index (χ4n) is 2.11. The maximum atomic E-state index is 12.4. The Morgan fingerprint density at radius 3 is 2.77 bits per heavy atom. The van der Waals surface area contributed by atoms with Gasteiger partial charge >= 0.3 is 0 Å². The average Bonchev–Trinajstić information content (AvgIpc) is 3.00. The van der Waals surface area contributed by atoms with Gasteiger partial charge in [-0.3, -0.25) is 9.48 Å². The summed E-state index contributed by atoms with van der Waals surface area (Å²) in [4.78, 5) is 18.9. The zero-order valence-corrected chi connectivity index (χ0v) is 13.6. The van der Waals surface area contributed by atoms with Gasteiger partial charge < -0.3 is 4.90 Å². The van der Waals surface area contributed by atoms with Crippen molar-refractivity contribution >= 4 is 17.8 Å². The molecule has 5 heteroatoms. The van der Waals surface area contributed by atoms with Crippen LogP contribution in [0, 0.1) is 13.8 Å². The van der Waals surface area contributed by atoms with E-state index in [1.807, 2.05) is 50.3 Å². The van der Waals surface area contributed by atoms with E-state index in [1.54, 1.807) is 17.1 Å². The minimum atomic E-state index is 0.0607. The molecule has 5 nitrogen and oxygen atoms in total. The number of aryl methyl sites for hydroxylation is 2. The number of carbonyl (C=O) groups excluding carboxylic acids is 1. The molecule has 0 unspecified atom stereocenters. The lowest BCUT2D eigenvalue weighted by molar-refractivity contribution is 0.0967. The molecule has 1 aromatic carbocycles. The van der Waals surface area contributed by atoms with Crippen LogP contribution in [0.4, 0.5) is 5.69 Å². The first-order valence-electron chi connectivity index (χ1n) is 7.37. The summed E-state index contributed by atoms with van der Waals surface area (Å²) in [5, 5.41) is 4.08. The molecular weight excluding hydrogens is 276 g/mol. The maximum absolute atomic E-state index is 12.4. The zero-order valence-electron chi connectivity index (χ0n) is 13.6. The molecule has 2 rings (SSSR count). The summed E-state index contributed by atoms with van der Waals surface area (Å²) in [7, 11) is 1.98. The highest BCUT2D eigenvalue weighted by Gasteiger charge is 2.12. The molecule has 0 amide bonds. The smallest absolute Gasteiger partial charge is 0.184 e. The Kier molecular flexibility index (Phi) is 5.09. The van der Waals surface area contributed by atoms with Crippen LogP contribution in [0.2, 0.25) is 0 Å². The Bertz CT molecular complexity index is 674. The van der Waals surface area contributed by atoms with E-state index in [1.165, 1.54) is 0 Å². The Labute approximate surface area is 131 Å². The highest BCUT2D eigenvalue weighted by molar-refractivity contribution is 5.98. The van der Waals surface area contributed by atoms with E-state index in [-0.39, 0.29) is 12.3 Å². The quantitative estimate of drug-likeness (QED) is 0.468. The molecule has 0 saturated carbocycles. The van der Waals surface area contributed by atoms with Crippen molar-refractivity contribution in [2.45, 2.75) is 27.3 Å². The number of rotatable bonds is 6. The Morgan fingerprint density at radius 2 is 2.14 bits per heavy atom. The zero-order chi connectivity index (χ0) is 16.1. The standard InChI is InChI=1S/C17H22N4O/c1-5-20(4)12-18-16-10-13(2)15(9-14(16)3)17(22)11-21-8-6-7-19-21/h6-10,12H,5,11H2,1-4H3. The fourth-order valence-corrected chi connectivity index (χ4v) is 2.11. The van der Waals surface area contributed by atoms with Crippen molar-refractivity contribution in [3.63, 3.8) is 0 Å². The van der Waals surface area contributed by atoms with Crippen LogP contribution in [0.25, 0.3) is 0 Å². The average molecular weight is 298 g/mol. The highest BCUT2D eigenvalue weighted by atomic mass is 16.1. The van der Waals surface area contributed by atoms with Crippen LogP contribution < -0.4 is 0 Å². The number of hydrogen-bond acceptors (Lipinski definition) is 3. The third-order valence-electron chi connectivity index (χ3n) is 3.60. The minimum Gasteiger partial charge on any atom is -0.366 e. The van der Waals surface area contributed by atoms with Crippen LogP contribution in [-0.4, -0.2) is 40.4 Å². The van der Waals surface area contributed by atoms with Gasteiger partial charge in [-0.15, -0.1) is 0 Å². The second-order valence-corrected chi connectivity index (χ2v) is 5.40. The van der Waals surface area contributed by atoms with Crippen LogP contribution in [0.5, 0.6) is 0 Å². The van der Waals surface area contributed by atoms with Gasteiger partial charge in [0, 0.05) is 31.5 Å². The largest absolute Gasteiger partial charge is 0.366 e. The first kappa shape index (κ1) is 15.9. The van der Waals surface area contributed by atoms with E-state index < -0.39 is 0 Å². The van der Waals surface area contributed by atoms with Gasteiger partial charge in [0.1, 0.15) is 6.54 Å². The number of nitrogens with zero attached hydrogens (tertiary/aromatic N) is 4. The first-order chi connectivity index (χ1) is 10.5. The maximum Gasteiger partial charge on any atom is 0.184 e. The SMILES string of the molecule is CCN(C)C=Nc1cc(C)c(C(=O)Cn2cccn2)cc1C. The molecule has 0 aliphatic heterocycles. The molecule has 1 heterocycles. The molecule has 22 heavy (non-hydrogen) atoms. The normalized spacial score (nSPS) is 11.1. The van der Waals surface area contributed by atoms with E-state index in [2.05, 4.69) is 17.0 Å². The van der Waals surface area contributed by atoms with Gasteiger partial charge in [-0.05, 0) is 50.1 Å². The van der Waals surface area contributed by atoms with Crippen LogP contribution in [0.15, 0.2) is 35.6 Å². The van der Waals surface area contributed by atoms with Gasteiger partial charge in [-0.1, -0.05) is 0 Å². The third kappa shape index (κ3) is 3.81. The van der Waals surface area contributed by atoms with E-state index >= 15 is 0 Å². The molecule has 0 N–H and O–H groups in total. The number of carbonyl (C=O) groups is 1. The number of aliphatic imine (C=N–C) groups is 1. The summed E-state index contributed by atoms with van der Waals surface area (Å²) in [5.41, 5.74) is 3.56. The third-order valence-corrected chi connectivity index (χ3v) is 3.60. The summed E-state index contributed by atoms with van der Waals surface area (Å²) in [6.07, 6.45) is 5.28. The second-order valence-electron chi connectivity index (χ2n) is 5.40. The Morgan fingerprint density at radius 1 is 1.36 bits per heavy atom. The highest BCUT2D eigenvalue weighted by Crippen LogP contribution is 2.23. The molecule has 0 spiro atoms. The van der Waals surface area contributed by atoms with E-state index in [9.17, 15) is 4.79 Å². The van der Waals surface area contributed by atoms with Crippen molar-refractivity contribution in [2.75, 3.05) is 13.6 Å². The van der Waals surface area contributed by atoms with Crippen molar-refractivity contribution in [2.24, 2.45) is 4.99 Å². The monoisotopic (exact) mass is 298 g/mol. The molecule has 0 aliphatic carbocycles. The number of ketones is 1. The number of hydrogen-bond donors (Lipinski definition) is 0. The molecule has 0 radical (unpaired) electrons. The molecule has 0 bridgehead atoms. The first-order valence-corrected chi connectivity index (χ1v) is 7.37. The van der Waals surface area contributed by atoms with E-state index in [0.717, 1.165) is 28.9 Å². The van der Waals surface area contributed by atoms with Gasteiger partial charge in [-0.2, -0.15) is 5.10 Å². The summed E-state index contributed by atoms with van der Waals surface area (Å²) in [6, 6.07) is 5.69. The molecule has 0 aliphatic rings. The summed E-state index contributed by atoms with van der Waals surface area (Å²) >= 11 is 0. The van der Waals surface area contributed by atoms with Crippen LogP contribution >= 0.6 is 0 Å².